The van der Waals surface area contributed by atoms with Gasteiger partial charge in [-0.15, -0.1) is 0 Å². The summed E-state index contributed by atoms with van der Waals surface area (Å²) in [7, 11) is 0. The number of hydrogen-bond acceptors (Lipinski definition) is 2. The Balaban J connectivity index is 2.09. The Bertz CT molecular complexity index is 845. The Hall–Kier alpha value is -2.29. The van der Waals surface area contributed by atoms with Crippen LogP contribution in [0.2, 0.25) is 0 Å². The van der Waals surface area contributed by atoms with E-state index in [9.17, 15) is 4.79 Å². The van der Waals surface area contributed by atoms with E-state index in [0.717, 1.165) is 0 Å². The van der Waals surface area contributed by atoms with Crippen LogP contribution in [0.5, 0.6) is 0 Å². The SMILES string of the molecule is CCOC(=O)CCn1c(C)c(C)c2c3ccccc3ccc21. The number of carbonyl (C=O) groups excluding carboxylic acids is 1. The minimum atomic E-state index is -0.137. The lowest BCUT2D eigenvalue weighted by atomic mass is 10.0. The van der Waals surface area contributed by atoms with Crippen molar-refractivity contribution in [1.82, 2.24) is 4.57 Å². The van der Waals surface area contributed by atoms with E-state index in [0.29, 0.717) is 19.6 Å². The highest BCUT2D eigenvalue weighted by Gasteiger charge is 2.14. The van der Waals surface area contributed by atoms with Gasteiger partial charge in [0.2, 0.25) is 0 Å². The van der Waals surface area contributed by atoms with Crippen molar-refractivity contribution in [3.63, 3.8) is 0 Å². The smallest absolute Gasteiger partial charge is 0.307 e. The quantitative estimate of drug-likeness (QED) is 0.669. The number of carbonyl (C=O) groups is 1. The molecule has 2 aromatic carbocycles. The van der Waals surface area contributed by atoms with Crippen molar-refractivity contribution < 1.29 is 9.53 Å². The third-order valence-electron chi connectivity index (χ3n) is 4.37. The second-order valence-corrected chi connectivity index (χ2v) is 5.60. The topological polar surface area (TPSA) is 31.2 Å². The van der Waals surface area contributed by atoms with Crippen molar-refractivity contribution in [3.05, 3.63) is 47.7 Å². The molecule has 3 aromatic rings. The second kappa shape index (κ2) is 5.84. The molecule has 0 saturated carbocycles. The third-order valence-corrected chi connectivity index (χ3v) is 4.37. The van der Waals surface area contributed by atoms with Crippen molar-refractivity contribution in [1.29, 1.82) is 0 Å². The maximum atomic E-state index is 11.6. The van der Waals surface area contributed by atoms with Crippen molar-refractivity contribution in [2.75, 3.05) is 6.61 Å². The Kier molecular flexibility index (Phi) is 3.88. The molecule has 3 heteroatoms. The Morgan fingerprint density at radius 2 is 1.91 bits per heavy atom. The van der Waals surface area contributed by atoms with Crippen LogP contribution >= 0.6 is 0 Å². The molecule has 0 unspecified atom stereocenters. The van der Waals surface area contributed by atoms with Crippen LogP contribution in [0.3, 0.4) is 0 Å². The number of ether oxygens (including phenoxy) is 1. The van der Waals surface area contributed by atoms with E-state index in [-0.39, 0.29) is 5.97 Å². The van der Waals surface area contributed by atoms with Gasteiger partial charge in [-0.3, -0.25) is 4.79 Å². The van der Waals surface area contributed by atoms with Crippen LogP contribution in [0, 0.1) is 13.8 Å². The van der Waals surface area contributed by atoms with Gasteiger partial charge < -0.3 is 9.30 Å². The average Bonchev–Trinajstić information content (AvgIpc) is 2.77. The molecule has 22 heavy (non-hydrogen) atoms. The molecule has 0 N–H and O–H groups in total. The second-order valence-electron chi connectivity index (χ2n) is 5.60. The number of aryl methyl sites for hydroxylation is 2. The molecule has 0 aliphatic carbocycles. The Morgan fingerprint density at radius 1 is 1.14 bits per heavy atom. The van der Waals surface area contributed by atoms with Crippen LogP contribution in [0.15, 0.2) is 36.4 Å². The summed E-state index contributed by atoms with van der Waals surface area (Å²) >= 11 is 0. The van der Waals surface area contributed by atoms with Gasteiger partial charge in [0.1, 0.15) is 0 Å². The van der Waals surface area contributed by atoms with E-state index < -0.39 is 0 Å². The van der Waals surface area contributed by atoms with E-state index in [2.05, 4.69) is 54.8 Å². The fourth-order valence-electron chi connectivity index (χ4n) is 3.17. The summed E-state index contributed by atoms with van der Waals surface area (Å²) in [6.45, 7) is 7.21. The lowest BCUT2D eigenvalue weighted by Gasteiger charge is -2.08. The minimum absolute atomic E-state index is 0.137. The fraction of sp³-hybridized carbons (Fsp3) is 0.316. The highest BCUT2D eigenvalue weighted by Crippen LogP contribution is 2.32. The molecular formula is C19H21NO2. The lowest BCUT2D eigenvalue weighted by Crippen LogP contribution is -2.09. The van der Waals surface area contributed by atoms with Crippen LogP contribution in [-0.2, 0) is 16.1 Å². The van der Waals surface area contributed by atoms with Crippen molar-refractivity contribution >= 4 is 27.6 Å². The monoisotopic (exact) mass is 295 g/mol. The summed E-state index contributed by atoms with van der Waals surface area (Å²) in [5, 5.41) is 3.82. The van der Waals surface area contributed by atoms with Gasteiger partial charge in [-0.2, -0.15) is 0 Å². The van der Waals surface area contributed by atoms with Gasteiger partial charge >= 0.3 is 5.97 Å². The Morgan fingerprint density at radius 3 is 2.68 bits per heavy atom. The standard InChI is InChI=1S/C19H21NO2/c1-4-22-18(21)11-12-20-14(3)13(2)19-16-8-6-5-7-15(16)9-10-17(19)20/h5-10H,4,11-12H2,1-3H3. The zero-order chi connectivity index (χ0) is 15.7. The van der Waals surface area contributed by atoms with Crippen LogP contribution in [0.1, 0.15) is 24.6 Å². The zero-order valence-electron chi connectivity index (χ0n) is 13.3. The average molecular weight is 295 g/mol. The Labute approximate surface area is 130 Å². The van der Waals surface area contributed by atoms with Crippen LogP contribution < -0.4 is 0 Å². The van der Waals surface area contributed by atoms with Crippen molar-refractivity contribution in [2.45, 2.75) is 33.7 Å². The van der Waals surface area contributed by atoms with Crippen LogP contribution in [-0.4, -0.2) is 17.1 Å². The molecule has 3 rings (SSSR count). The van der Waals surface area contributed by atoms with Gasteiger partial charge in [0.05, 0.1) is 13.0 Å². The predicted molar refractivity (Wildman–Crippen MR) is 90.2 cm³/mol. The number of rotatable bonds is 4. The molecule has 0 aliphatic rings. The largest absolute Gasteiger partial charge is 0.466 e. The molecule has 1 heterocycles. The third kappa shape index (κ3) is 2.37. The molecule has 1 aromatic heterocycles. The van der Waals surface area contributed by atoms with Gasteiger partial charge in [-0.05, 0) is 43.2 Å². The van der Waals surface area contributed by atoms with Gasteiger partial charge in [0, 0.05) is 23.1 Å². The summed E-state index contributed by atoms with van der Waals surface area (Å²) in [5.41, 5.74) is 3.70. The van der Waals surface area contributed by atoms with Gasteiger partial charge in [0.15, 0.2) is 0 Å². The first-order valence-corrected chi connectivity index (χ1v) is 7.76. The zero-order valence-corrected chi connectivity index (χ0v) is 13.3. The first-order valence-electron chi connectivity index (χ1n) is 7.76. The lowest BCUT2D eigenvalue weighted by molar-refractivity contribution is -0.143. The first-order chi connectivity index (χ1) is 10.6. The summed E-state index contributed by atoms with van der Waals surface area (Å²) in [6.07, 6.45) is 0.407. The highest BCUT2D eigenvalue weighted by atomic mass is 16.5. The van der Waals surface area contributed by atoms with Gasteiger partial charge in [-0.1, -0.05) is 30.3 Å². The minimum Gasteiger partial charge on any atom is -0.466 e. The van der Waals surface area contributed by atoms with Gasteiger partial charge in [0.25, 0.3) is 0 Å². The molecule has 0 bridgehead atoms. The summed E-state index contributed by atoms with van der Waals surface area (Å²) < 4.78 is 7.27. The molecule has 0 amide bonds. The van der Waals surface area contributed by atoms with E-state index in [1.807, 2.05) is 6.92 Å². The highest BCUT2D eigenvalue weighted by molar-refractivity contribution is 6.08. The van der Waals surface area contributed by atoms with Crippen molar-refractivity contribution in [3.8, 4) is 0 Å². The van der Waals surface area contributed by atoms with E-state index in [1.54, 1.807) is 0 Å². The molecule has 0 aliphatic heterocycles. The van der Waals surface area contributed by atoms with E-state index >= 15 is 0 Å². The van der Waals surface area contributed by atoms with Crippen LogP contribution in [0.4, 0.5) is 0 Å². The summed E-state index contributed by atoms with van der Waals surface area (Å²) in [5.74, 6) is -0.137. The fourth-order valence-corrected chi connectivity index (χ4v) is 3.17. The number of esters is 1. The molecule has 0 atom stereocenters. The normalized spacial score (nSPS) is 11.2. The van der Waals surface area contributed by atoms with Crippen LogP contribution in [0.25, 0.3) is 21.7 Å². The number of benzene rings is 2. The number of fused-ring (bicyclic) bond motifs is 3. The van der Waals surface area contributed by atoms with E-state index in [4.69, 9.17) is 4.74 Å². The maximum Gasteiger partial charge on any atom is 0.307 e. The first kappa shape index (κ1) is 14.6. The molecular weight excluding hydrogens is 274 g/mol. The molecule has 0 radical (unpaired) electrons. The molecule has 3 nitrogen and oxygen atoms in total. The number of nitrogens with zero attached hydrogens (tertiary/aromatic N) is 1. The van der Waals surface area contributed by atoms with Gasteiger partial charge in [-0.25, -0.2) is 0 Å². The number of hydrogen-bond donors (Lipinski definition) is 0. The number of aromatic nitrogens is 1. The maximum absolute atomic E-state index is 11.6. The molecule has 114 valence electrons. The van der Waals surface area contributed by atoms with E-state index in [1.165, 1.54) is 32.9 Å². The molecule has 0 spiro atoms. The summed E-state index contributed by atoms with van der Waals surface area (Å²) in [4.78, 5) is 11.6. The van der Waals surface area contributed by atoms with Crippen molar-refractivity contribution in [2.24, 2.45) is 0 Å². The predicted octanol–water partition coefficient (Wildman–Crippen LogP) is 4.36. The molecule has 0 saturated heterocycles. The summed E-state index contributed by atoms with van der Waals surface area (Å²) in [6, 6.07) is 12.8. The molecule has 0 fully saturated rings.